The van der Waals surface area contributed by atoms with Crippen molar-refractivity contribution in [3.8, 4) is 0 Å². The summed E-state index contributed by atoms with van der Waals surface area (Å²) >= 11 is 1.46. The number of aliphatic hydroxyl groups excluding tert-OH is 2. The molecule has 1 aromatic carbocycles. The first-order valence-corrected chi connectivity index (χ1v) is 7.85. The lowest BCUT2D eigenvalue weighted by atomic mass is 10.0. The third-order valence-corrected chi connectivity index (χ3v) is 4.13. The lowest BCUT2D eigenvalue weighted by molar-refractivity contribution is 0.0183. The minimum Gasteiger partial charge on any atom is -0.445 e. The first kappa shape index (κ1) is 16.5. The molecule has 2 unspecified atom stereocenters. The first-order valence-electron chi connectivity index (χ1n) is 6.91. The number of thiophene rings is 1. The van der Waals surface area contributed by atoms with Crippen LogP contribution in [0.25, 0.3) is 0 Å². The minimum atomic E-state index is -1.09. The average Bonchev–Trinajstić information content (AvgIpc) is 2.96. The Morgan fingerprint density at radius 1 is 1.27 bits per heavy atom. The monoisotopic (exact) mass is 321 g/mol. The Morgan fingerprint density at radius 3 is 2.64 bits per heavy atom. The smallest absolute Gasteiger partial charge is 0.407 e. The zero-order valence-electron chi connectivity index (χ0n) is 12.2. The molecule has 0 fully saturated rings. The predicted octanol–water partition coefficient (Wildman–Crippen LogP) is 2.38. The molecule has 1 aromatic heterocycles. The van der Waals surface area contributed by atoms with Crippen molar-refractivity contribution in [2.75, 3.05) is 6.54 Å². The Balaban J connectivity index is 1.75. The van der Waals surface area contributed by atoms with Gasteiger partial charge in [0.1, 0.15) is 18.8 Å². The van der Waals surface area contributed by atoms with Gasteiger partial charge in [0, 0.05) is 6.54 Å². The maximum Gasteiger partial charge on any atom is 0.407 e. The fourth-order valence-electron chi connectivity index (χ4n) is 1.95. The number of nitrogens with one attached hydrogen (secondary N) is 1. The van der Waals surface area contributed by atoms with Crippen molar-refractivity contribution < 1.29 is 19.7 Å². The van der Waals surface area contributed by atoms with Gasteiger partial charge in [-0.2, -0.15) is 11.3 Å². The number of benzene rings is 1. The lowest BCUT2D eigenvalue weighted by Crippen LogP contribution is -2.35. The van der Waals surface area contributed by atoms with Crippen molar-refractivity contribution in [1.82, 2.24) is 5.32 Å². The molecule has 1 heterocycles. The molecule has 2 rings (SSSR count). The molecule has 0 radical (unpaired) electrons. The van der Waals surface area contributed by atoms with Gasteiger partial charge in [0.05, 0.1) is 0 Å². The molecule has 118 valence electrons. The van der Waals surface area contributed by atoms with E-state index in [9.17, 15) is 15.0 Å². The molecule has 2 atom stereocenters. The van der Waals surface area contributed by atoms with E-state index in [0.29, 0.717) is 5.56 Å². The SMILES string of the molecule is Cc1cscc1C(O)C(O)CNC(=O)OCc1ccccc1. The maximum atomic E-state index is 11.6. The highest BCUT2D eigenvalue weighted by Crippen LogP contribution is 2.23. The van der Waals surface area contributed by atoms with E-state index in [1.54, 1.807) is 5.38 Å². The summed E-state index contributed by atoms with van der Waals surface area (Å²) in [6.45, 7) is 1.95. The molecular formula is C16H19NO4S. The zero-order valence-corrected chi connectivity index (χ0v) is 13.0. The number of hydrogen-bond acceptors (Lipinski definition) is 5. The summed E-state index contributed by atoms with van der Waals surface area (Å²) < 4.78 is 5.03. The second-order valence-electron chi connectivity index (χ2n) is 4.96. The third kappa shape index (κ3) is 4.56. The maximum absolute atomic E-state index is 11.6. The van der Waals surface area contributed by atoms with Crippen molar-refractivity contribution >= 4 is 17.4 Å². The molecule has 0 saturated heterocycles. The van der Waals surface area contributed by atoms with Crippen LogP contribution in [0.3, 0.4) is 0 Å². The van der Waals surface area contributed by atoms with Gasteiger partial charge in [-0.25, -0.2) is 4.79 Å². The number of aliphatic hydroxyl groups is 2. The number of hydrogen-bond donors (Lipinski definition) is 3. The van der Waals surface area contributed by atoms with E-state index in [-0.39, 0.29) is 13.2 Å². The molecule has 1 amide bonds. The Hall–Kier alpha value is -1.89. The molecule has 2 aromatic rings. The van der Waals surface area contributed by atoms with Crippen LogP contribution in [0.4, 0.5) is 4.79 Å². The summed E-state index contributed by atoms with van der Waals surface area (Å²) in [5, 5.41) is 26.1. The average molecular weight is 321 g/mol. The number of carbonyl (C=O) groups excluding carboxylic acids is 1. The van der Waals surface area contributed by atoms with Crippen LogP contribution in [0.15, 0.2) is 41.1 Å². The molecule has 0 aliphatic rings. The van der Waals surface area contributed by atoms with Crippen molar-refractivity contribution in [3.63, 3.8) is 0 Å². The normalized spacial score (nSPS) is 13.4. The molecule has 0 spiro atoms. The Kier molecular flexibility index (Phi) is 5.94. The summed E-state index contributed by atoms with van der Waals surface area (Å²) in [7, 11) is 0. The molecule has 22 heavy (non-hydrogen) atoms. The highest BCUT2D eigenvalue weighted by Gasteiger charge is 2.21. The van der Waals surface area contributed by atoms with Gasteiger partial charge in [-0.1, -0.05) is 30.3 Å². The second kappa shape index (κ2) is 7.93. The van der Waals surface area contributed by atoms with Gasteiger partial charge in [-0.15, -0.1) is 0 Å². The van der Waals surface area contributed by atoms with Crippen LogP contribution in [0.5, 0.6) is 0 Å². The molecule has 6 heteroatoms. The van der Waals surface area contributed by atoms with E-state index in [0.717, 1.165) is 11.1 Å². The molecule has 0 aliphatic heterocycles. The standard InChI is InChI=1S/C16H19NO4S/c1-11-9-22-10-13(11)15(19)14(18)7-17-16(20)21-8-12-5-3-2-4-6-12/h2-6,9-10,14-15,18-19H,7-8H2,1H3,(H,17,20). The predicted molar refractivity (Wildman–Crippen MR) is 84.7 cm³/mol. The second-order valence-corrected chi connectivity index (χ2v) is 5.71. The topological polar surface area (TPSA) is 78.8 Å². The summed E-state index contributed by atoms with van der Waals surface area (Å²) in [6.07, 6.45) is -2.74. The Bertz CT molecular complexity index is 599. The van der Waals surface area contributed by atoms with Crippen LogP contribution in [0.1, 0.15) is 22.8 Å². The largest absolute Gasteiger partial charge is 0.445 e. The number of alkyl carbamates (subject to hydrolysis) is 1. The van der Waals surface area contributed by atoms with Gasteiger partial charge in [0.25, 0.3) is 0 Å². The van der Waals surface area contributed by atoms with Crippen LogP contribution in [-0.2, 0) is 11.3 Å². The lowest BCUT2D eigenvalue weighted by Gasteiger charge is -2.18. The van der Waals surface area contributed by atoms with Crippen molar-refractivity contribution in [2.24, 2.45) is 0 Å². The van der Waals surface area contributed by atoms with Gasteiger partial charge < -0.3 is 20.3 Å². The van der Waals surface area contributed by atoms with Gasteiger partial charge in [0.15, 0.2) is 0 Å². The molecule has 0 saturated carbocycles. The Morgan fingerprint density at radius 2 is 2.00 bits per heavy atom. The highest BCUT2D eigenvalue weighted by atomic mass is 32.1. The van der Waals surface area contributed by atoms with Crippen molar-refractivity contribution in [1.29, 1.82) is 0 Å². The number of amides is 1. The third-order valence-electron chi connectivity index (χ3n) is 3.25. The fourth-order valence-corrected chi connectivity index (χ4v) is 2.83. The van der Waals surface area contributed by atoms with Gasteiger partial charge >= 0.3 is 6.09 Å². The number of aryl methyl sites for hydroxylation is 1. The van der Waals surface area contributed by atoms with E-state index < -0.39 is 18.3 Å². The minimum absolute atomic E-state index is 0.0793. The summed E-state index contributed by atoms with van der Waals surface area (Å²) in [6, 6.07) is 9.31. The molecular weight excluding hydrogens is 302 g/mol. The summed E-state index contributed by atoms with van der Waals surface area (Å²) in [5.41, 5.74) is 2.48. The van der Waals surface area contributed by atoms with E-state index in [2.05, 4.69) is 5.32 Å². The number of rotatable bonds is 6. The molecule has 0 bridgehead atoms. The van der Waals surface area contributed by atoms with Gasteiger partial charge in [-0.3, -0.25) is 0 Å². The quantitative estimate of drug-likeness (QED) is 0.763. The Labute approximate surface area is 133 Å². The van der Waals surface area contributed by atoms with E-state index in [1.807, 2.05) is 42.6 Å². The van der Waals surface area contributed by atoms with Crippen LogP contribution >= 0.6 is 11.3 Å². The summed E-state index contributed by atoms with van der Waals surface area (Å²) in [5.74, 6) is 0. The first-order chi connectivity index (χ1) is 10.6. The summed E-state index contributed by atoms with van der Waals surface area (Å²) in [4.78, 5) is 11.6. The zero-order chi connectivity index (χ0) is 15.9. The van der Waals surface area contributed by atoms with Crippen LogP contribution in [0.2, 0.25) is 0 Å². The fraction of sp³-hybridized carbons (Fsp3) is 0.312. The van der Waals surface area contributed by atoms with Crippen LogP contribution < -0.4 is 5.32 Å². The molecule has 3 N–H and O–H groups in total. The number of ether oxygens (including phenoxy) is 1. The van der Waals surface area contributed by atoms with Crippen LogP contribution in [0, 0.1) is 6.92 Å². The van der Waals surface area contributed by atoms with Gasteiger partial charge in [0.2, 0.25) is 0 Å². The molecule has 0 aliphatic carbocycles. The van der Waals surface area contributed by atoms with E-state index >= 15 is 0 Å². The highest BCUT2D eigenvalue weighted by molar-refractivity contribution is 7.08. The van der Waals surface area contributed by atoms with E-state index in [4.69, 9.17) is 4.74 Å². The molecule has 5 nitrogen and oxygen atoms in total. The van der Waals surface area contributed by atoms with Gasteiger partial charge in [-0.05, 0) is 34.4 Å². The van der Waals surface area contributed by atoms with Crippen molar-refractivity contribution in [2.45, 2.75) is 25.7 Å². The van der Waals surface area contributed by atoms with E-state index in [1.165, 1.54) is 11.3 Å². The number of carbonyl (C=O) groups is 1. The van der Waals surface area contributed by atoms with Crippen LogP contribution in [-0.4, -0.2) is 29.0 Å². The van der Waals surface area contributed by atoms with Crippen molar-refractivity contribution in [3.05, 3.63) is 57.8 Å².